The Hall–Kier alpha value is -5.17. The van der Waals surface area contributed by atoms with Crippen molar-refractivity contribution in [2.24, 2.45) is 0 Å². The Kier molecular flexibility index (Phi) is 12.0. The smallest absolute Gasteiger partial charge is 0.336 e. The maximum Gasteiger partial charge on any atom is 0.336 e. The van der Waals surface area contributed by atoms with Crippen molar-refractivity contribution in [1.29, 1.82) is 0 Å². The predicted octanol–water partition coefficient (Wildman–Crippen LogP) is 5.23. The number of carbonyl (C=O) groups excluding carboxylic acids is 1. The highest BCUT2D eigenvalue weighted by molar-refractivity contribution is 6.98. The lowest BCUT2D eigenvalue weighted by molar-refractivity contribution is -0.462. The third kappa shape index (κ3) is 8.30. The van der Waals surface area contributed by atoms with Gasteiger partial charge in [-0.3, -0.25) is 14.9 Å². The van der Waals surface area contributed by atoms with Crippen LogP contribution in [-0.2, 0) is 15.9 Å². The fourth-order valence-electron chi connectivity index (χ4n) is 6.68. The Morgan fingerprint density at radius 2 is 1.65 bits per heavy atom. The molecular weight excluding hydrogens is 677 g/mol. The minimum Gasteiger partial charge on any atom is -0.478 e. The van der Waals surface area contributed by atoms with E-state index < -0.39 is 14.0 Å². The molecule has 11 nitrogen and oxygen atoms in total. The number of anilines is 1. The SMILES string of the molecule is CN(C)c1ccc2c(c1)[Si](C)(C)C1=CC(=[N+](C)C)C=CC1=C2c1cc(C(=O)NCCOCCOCCCc2ccccc2[N+](=O)[O-])ccc1C(=O)O. The Balaban J connectivity index is 1.28. The van der Waals surface area contributed by atoms with Crippen molar-refractivity contribution in [3.63, 3.8) is 0 Å². The number of para-hydroxylation sites is 1. The fourth-order valence-corrected chi connectivity index (χ4v) is 9.75. The molecular formula is C40H47N4O7Si+. The first-order valence-electron chi connectivity index (χ1n) is 17.4. The second-order valence-electron chi connectivity index (χ2n) is 13.8. The molecule has 2 aliphatic rings. The summed E-state index contributed by atoms with van der Waals surface area (Å²) >= 11 is 0. The number of ether oxygens (including phenoxy) is 2. The molecule has 0 bridgehead atoms. The Morgan fingerprint density at radius 3 is 2.35 bits per heavy atom. The first kappa shape index (κ1) is 38.1. The number of fused-ring (bicyclic) bond motifs is 2. The first-order valence-corrected chi connectivity index (χ1v) is 20.4. The van der Waals surface area contributed by atoms with Crippen molar-refractivity contribution < 1.29 is 33.7 Å². The van der Waals surface area contributed by atoms with E-state index >= 15 is 0 Å². The maximum absolute atomic E-state index is 13.4. The maximum atomic E-state index is 13.4. The average molecular weight is 724 g/mol. The summed E-state index contributed by atoms with van der Waals surface area (Å²) in [6.45, 7) is 6.33. The number of nitro groups is 1. The molecule has 12 heteroatoms. The third-order valence-corrected chi connectivity index (χ3v) is 13.1. The lowest BCUT2D eigenvalue weighted by Gasteiger charge is -2.38. The van der Waals surface area contributed by atoms with Gasteiger partial charge in [0.25, 0.3) is 11.6 Å². The van der Waals surface area contributed by atoms with Crippen molar-refractivity contribution in [3.05, 3.63) is 128 Å². The van der Waals surface area contributed by atoms with E-state index in [1.165, 1.54) is 22.5 Å². The second kappa shape index (κ2) is 16.4. The first-order chi connectivity index (χ1) is 24.8. The van der Waals surface area contributed by atoms with Gasteiger partial charge in [-0.15, -0.1) is 0 Å². The molecule has 52 heavy (non-hydrogen) atoms. The van der Waals surface area contributed by atoms with Crippen LogP contribution in [0.25, 0.3) is 5.57 Å². The van der Waals surface area contributed by atoms with Gasteiger partial charge >= 0.3 is 5.97 Å². The molecule has 0 saturated carbocycles. The van der Waals surface area contributed by atoms with Gasteiger partial charge in [-0.25, -0.2) is 9.37 Å². The number of aromatic carboxylic acids is 1. The molecule has 0 radical (unpaired) electrons. The molecule has 1 aliphatic heterocycles. The number of nitro benzene ring substituents is 1. The second-order valence-corrected chi connectivity index (χ2v) is 18.1. The third-order valence-electron chi connectivity index (χ3n) is 9.53. The number of hydrogen-bond acceptors (Lipinski definition) is 7. The summed E-state index contributed by atoms with van der Waals surface area (Å²) < 4.78 is 13.3. The van der Waals surface area contributed by atoms with Crippen LogP contribution in [0.4, 0.5) is 11.4 Å². The highest BCUT2D eigenvalue weighted by Crippen LogP contribution is 2.43. The molecule has 0 fully saturated rings. The summed E-state index contributed by atoms with van der Waals surface area (Å²) in [5.74, 6) is -1.39. The van der Waals surface area contributed by atoms with Crippen LogP contribution in [0.15, 0.2) is 89.7 Å². The minimum atomic E-state index is -2.25. The van der Waals surface area contributed by atoms with Crippen molar-refractivity contribution in [1.82, 2.24) is 5.32 Å². The highest BCUT2D eigenvalue weighted by Gasteiger charge is 2.41. The number of carbonyl (C=O) groups is 2. The van der Waals surface area contributed by atoms with E-state index in [-0.39, 0.29) is 35.2 Å². The number of carboxylic acid groups (broad SMARTS) is 1. The number of amides is 1. The topological polar surface area (TPSA) is 134 Å². The highest BCUT2D eigenvalue weighted by atomic mass is 28.3. The zero-order chi connectivity index (χ0) is 37.6. The summed E-state index contributed by atoms with van der Waals surface area (Å²) in [4.78, 5) is 39.0. The van der Waals surface area contributed by atoms with E-state index in [2.05, 4.69) is 64.3 Å². The number of allylic oxidation sites excluding steroid dienone is 5. The van der Waals surface area contributed by atoms with Crippen LogP contribution < -0.4 is 15.4 Å². The Labute approximate surface area is 305 Å². The molecule has 5 rings (SSSR count). The normalized spacial score (nSPS) is 14.3. The molecule has 2 N–H and O–H groups in total. The summed E-state index contributed by atoms with van der Waals surface area (Å²) in [5.41, 5.74) is 6.72. The van der Waals surface area contributed by atoms with E-state index in [9.17, 15) is 24.8 Å². The molecule has 0 aromatic heterocycles. The summed E-state index contributed by atoms with van der Waals surface area (Å²) in [7, 11) is 5.80. The molecule has 3 aromatic rings. The van der Waals surface area contributed by atoms with Crippen LogP contribution in [0.2, 0.25) is 13.1 Å². The standard InChI is InChI=1S/C40H46N4O7Si/c1-42(2)29-14-17-32-36(25-29)52(5,6)37-26-30(43(3)4)15-18-33(37)38(32)34-24-28(13-16-31(34)40(46)47)39(45)41-19-21-51-23-22-50-20-9-11-27-10-7-8-12-35(27)44(48)49/h7-8,10,12-18,24-26H,9,11,19-23H2,1-6H3,(H-,41,45,46,47)/p+1. The number of hydrogen-bond donors (Lipinski definition) is 2. The largest absolute Gasteiger partial charge is 0.478 e. The van der Waals surface area contributed by atoms with Gasteiger partial charge in [0.05, 0.1) is 30.3 Å². The van der Waals surface area contributed by atoms with Gasteiger partial charge in [-0.1, -0.05) is 37.4 Å². The number of nitrogens with zero attached hydrogens (tertiary/aromatic N) is 3. The van der Waals surface area contributed by atoms with Crippen LogP contribution in [0.3, 0.4) is 0 Å². The van der Waals surface area contributed by atoms with Gasteiger partial charge in [0.2, 0.25) is 0 Å². The van der Waals surface area contributed by atoms with Gasteiger partial charge in [0.15, 0.2) is 5.71 Å². The molecule has 0 unspecified atom stereocenters. The molecule has 0 spiro atoms. The Morgan fingerprint density at radius 1 is 0.923 bits per heavy atom. The lowest BCUT2D eigenvalue weighted by atomic mass is 9.86. The number of aryl methyl sites for hydroxylation is 1. The molecule has 272 valence electrons. The Bertz CT molecular complexity index is 2010. The van der Waals surface area contributed by atoms with E-state index in [1.807, 2.05) is 28.2 Å². The minimum absolute atomic E-state index is 0.119. The van der Waals surface area contributed by atoms with E-state index in [1.54, 1.807) is 30.3 Å². The molecule has 0 saturated heterocycles. The quantitative estimate of drug-likeness (QED) is 0.0716. The van der Waals surface area contributed by atoms with Gasteiger partial charge in [-0.05, 0) is 81.9 Å². The predicted molar refractivity (Wildman–Crippen MR) is 207 cm³/mol. The van der Waals surface area contributed by atoms with Crippen LogP contribution in [-0.4, -0.2) is 101 Å². The van der Waals surface area contributed by atoms with Crippen molar-refractivity contribution in [3.8, 4) is 0 Å². The van der Waals surface area contributed by atoms with Gasteiger partial charge in [0.1, 0.15) is 22.2 Å². The average Bonchev–Trinajstić information content (AvgIpc) is 3.12. The van der Waals surface area contributed by atoms with Gasteiger partial charge < -0.3 is 24.8 Å². The van der Waals surface area contributed by atoms with Crippen molar-refractivity contribution in [2.45, 2.75) is 25.9 Å². The monoisotopic (exact) mass is 723 g/mol. The zero-order valence-corrected chi connectivity index (χ0v) is 31.7. The molecule has 1 heterocycles. The van der Waals surface area contributed by atoms with Crippen LogP contribution in [0.1, 0.15) is 43.8 Å². The molecule has 1 aliphatic carbocycles. The van der Waals surface area contributed by atoms with Crippen LogP contribution in [0, 0.1) is 10.1 Å². The molecule has 1 amide bonds. The van der Waals surface area contributed by atoms with E-state index in [0.29, 0.717) is 49.4 Å². The van der Waals surface area contributed by atoms with E-state index in [4.69, 9.17) is 9.47 Å². The number of carboxylic acids is 1. The number of rotatable bonds is 15. The number of nitrogens with one attached hydrogen (secondary N) is 1. The van der Waals surface area contributed by atoms with Crippen LogP contribution >= 0.6 is 0 Å². The van der Waals surface area contributed by atoms with E-state index in [0.717, 1.165) is 28.1 Å². The van der Waals surface area contributed by atoms with Gasteiger partial charge in [-0.2, -0.15) is 0 Å². The summed E-state index contributed by atoms with van der Waals surface area (Å²) in [5, 5.41) is 26.9. The fraction of sp³-hybridized carbons (Fsp3) is 0.325. The molecule has 3 aromatic carbocycles. The van der Waals surface area contributed by atoms with Crippen molar-refractivity contribution in [2.75, 3.05) is 66.1 Å². The zero-order valence-electron chi connectivity index (χ0n) is 30.7. The summed E-state index contributed by atoms with van der Waals surface area (Å²) in [6, 6.07) is 17.8. The lowest BCUT2D eigenvalue weighted by Crippen LogP contribution is -2.49. The van der Waals surface area contributed by atoms with Crippen LogP contribution in [0.5, 0.6) is 0 Å². The van der Waals surface area contributed by atoms with Gasteiger partial charge in [0, 0.05) is 62.3 Å². The summed E-state index contributed by atoms with van der Waals surface area (Å²) in [6.07, 6.45) is 7.57. The molecule has 0 atom stereocenters. The number of benzene rings is 3. The van der Waals surface area contributed by atoms with Crippen molar-refractivity contribution >= 4 is 47.8 Å².